The SMILES string of the molecule is O=c1c(Nc2ccc(F)cc2)c(Nc2ccc(F)cc2)c1=O. The first kappa shape index (κ1) is 13.9. The fraction of sp³-hybridized carbons (Fsp3) is 0. The van der Waals surface area contributed by atoms with Gasteiger partial charge in [-0.05, 0) is 48.5 Å². The summed E-state index contributed by atoms with van der Waals surface area (Å²) >= 11 is 0. The monoisotopic (exact) mass is 300 g/mol. The van der Waals surface area contributed by atoms with Crippen LogP contribution in [0.5, 0.6) is 0 Å². The van der Waals surface area contributed by atoms with Crippen molar-refractivity contribution in [3.8, 4) is 0 Å². The molecule has 0 spiro atoms. The highest BCUT2D eigenvalue weighted by Gasteiger charge is 2.21. The molecule has 0 saturated carbocycles. The van der Waals surface area contributed by atoms with Crippen molar-refractivity contribution in [1.82, 2.24) is 0 Å². The molecule has 2 N–H and O–H groups in total. The molecule has 110 valence electrons. The van der Waals surface area contributed by atoms with Crippen molar-refractivity contribution in [2.45, 2.75) is 0 Å². The molecule has 6 heteroatoms. The van der Waals surface area contributed by atoms with E-state index in [-0.39, 0.29) is 11.4 Å². The Labute approximate surface area is 123 Å². The number of halogens is 2. The lowest BCUT2D eigenvalue weighted by Gasteiger charge is -2.14. The average molecular weight is 300 g/mol. The maximum Gasteiger partial charge on any atom is 0.253 e. The Morgan fingerprint density at radius 2 is 0.909 bits per heavy atom. The Morgan fingerprint density at radius 3 is 1.23 bits per heavy atom. The molecule has 0 heterocycles. The van der Waals surface area contributed by atoms with Crippen molar-refractivity contribution in [3.63, 3.8) is 0 Å². The van der Waals surface area contributed by atoms with Gasteiger partial charge in [-0.3, -0.25) is 9.59 Å². The normalized spacial score (nSPS) is 10.6. The zero-order valence-electron chi connectivity index (χ0n) is 11.2. The third-order valence-electron chi connectivity index (χ3n) is 3.14. The quantitative estimate of drug-likeness (QED) is 0.727. The van der Waals surface area contributed by atoms with E-state index in [2.05, 4.69) is 10.6 Å². The highest BCUT2D eigenvalue weighted by atomic mass is 19.1. The van der Waals surface area contributed by atoms with E-state index >= 15 is 0 Å². The highest BCUT2D eigenvalue weighted by molar-refractivity contribution is 5.82. The van der Waals surface area contributed by atoms with E-state index in [1.165, 1.54) is 48.5 Å². The number of hydrogen-bond acceptors (Lipinski definition) is 4. The van der Waals surface area contributed by atoms with Gasteiger partial charge in [0.05, 0.1) is 0 Å². The van der Waals surface area contributed by atoms with Crippen molar-refractivity contribution in [2.75, 3.05) is 10.6 Å². The molecule has 3 aromatic carbocycles. The second-order valence-electron chi connectivity index (χ2n) is 4.67. The fourth-order valence-electron chi connectivity index (χ4n) is 1.99. The molecule has 4 nitrogen and oxygen atoms in total. The summed E-state index contributed by atoms with van der Waals surface area (Å²) in [7, 11) is 0. The van der Waals surface area contributed by atoms with Crippen LogP contribution >= 0.6 is 0 Å². The molecule has 0 radical (unpaired) electrons. The van der Waals surface area contributed by atoms with Crippen LogP contribution in [0, 0.1) is 11.6 Å². The number of nitrogens with one attached hydrogen (secondary N) is 2. The third kappa shape index (κ3) is 2.58. The standard InChI is InChI=1S/C16H10F2N2O2/c17-9-1-5-11(6-2-9)19-13-14(16(22)15(13)21)20-12-7-3-10(18)4-8-12/h1-8,19-20H. The molecule has 22 heavy (non-hydrogen) atoms. The van der Waals surface area contributed by atoms with Crippen LogP contribution in [0.4, 0.5) is 31.5 Å². The van der Waals surface area contributed by atoms with Crippen LogP contribution in [0.25, 0.3) is 0 Å². The van der Waals surface area contributed by atoms with Gasteiger partial charge in [0.1, 0.15) is 23.0 Å². The van der Waals surface area contributed by atoms with Crippen LogP contribution in [0.15, 0.2) is 58.1 Å². The number of rotatable bonds is 4. The summed E-state index contributed by atoms with van der Waals surface area (Å²) in [5.41, 5.74) is -0.156. The van der Waals surface area contributed by atoms with Gasteiger partial charge in [0.2, 0.25) is 0 Å². The largest absolute Gasteiger partial charge is 0.350 e. The second-order valence-corrected chi connectivity index (χ2v) is 4.67. The van der Waals surface area contributed by atoms with Crippen molar-refractivity contribution in [3.05, 3.63) is 80.6 Å². The molecule has 0 bridgehead atoms. The topological polar surface area (TPSA) is 58.2 Å². The van der Waals surface area contributed by atoms with Gasteiger partial charge >= 0.3 is 0 Å². The van der Waals surface area contributed by atoms with Crippen LogP contribution in [0.1, 0.15) is 0 Å². The summed E-state index contributed by atoms with van der Waals surface area (Å²) in [6.45, 7) is 0. The van der Waals surface area contributed by atoms with Gasteiger partial charge in [0.15, 0.2) is 0 Å². The smallest absolute Gasteiger partial charge is 0.253 e. The van der Waals surface area contributed by atoms with E-state index in [0.717, 1.165) is 0 Å². The van der Waals surface area contributed by atoms with Crippen LogP contribution in [0.3, 0.4) is 0 Å². The van der Waals surface area contributed by atoms with Gasteiger partial charge in [0, 0.05) is 11.4 Å². The predicted octanol–water partition coefficient (Wildman–Crippen LogP) is 3.05. The lowest BCUT2D eigenvalue weighted by molar-refractivity contribution is 0.627. The average Bonchev–Trinajstić information content (AvgIpc) is 2.54. The van der Waals surface area contributed by atoms with E-state index < -0.39 is 22.5 Å². The van der Waals surface area contributed by atoms with Crippen LogP contribution < -0.4 is 21.5 Å². The third-order valence-corrected chi connectivity index (χ3v) is 3.14. The van der Waals surface area contributed by atoms with Gasteiger partial charge in [-0.25, -0.2) is 8.78 Å². The van der Waals surface area contributed by atoms with E-state index in [4.69, 9.17) is 0 Å². The van der Waals surface area contributed by atoms with Gasteiger partial charge in [-0.15, -0.1) is 0 Å². The summed E-state index contributed by atoms with van der Waals surface area (Å²) in [4.78, 5) is 23.3. The van der Waals surface area contributed by atoms with E-state index in [0.29, 0.717) is 11.4 Å². The van der Waals surface area contributed by atoms with E-state index in [9.17, 15) is 18.4 Å². The van der Waals surface area contributed by atoms with Gasteiger partial charge in [-0.1, -0.05) is 0 Å². The summed E-state index contributed by atoms with van der Waals surface area (Å²) in [5.74, 6) is -0.805. The van der Waals surface area contributed by atoms with Gasteiger partial charge in [-0.2, -0.15) is 0 Å². The first-order chi connectivity index (χ1) is 10.5. The molecule has 0 unspecified atom stereocenters. The minimum atomic E-state index is -0.658. The van der Waals surface area contributed by atoms with E-state index in [1.807, 2.05) is 0 Å². The van der Waals surface area contributed by atoms with Crippen molar-refractivity contribution in [2.24, 2.45) is 0 Å². The minimum absolute atomic E-state index is 0.0981. The predicted molar refractivity (Wildman–Crippen MR) is 80.7 cm³/mol. The van der Waals surface area contributed by atoms with Crippen molar-refractivity contribution >= 4 is 22.7 Å². The molecule has 0 aromatic heterocycles. The maximum absolute atomic E-state index is 12.9. The molecule has 0 saturated heterocycles. The number of hydrogen-bond donors (Lipinski definition) is 2. The lowest BCUT2D eigenvalue weighted by Crippen LogP contribution is -2.35. The minimum Gasteiger partial charge on any atom is -0.350 e. The maximum atomic E-state index is 12.9. The summed E-state index contributed by atoms with van der Waals surface area (Å²) in [6.07, 6.45) is 0. The molecule has 0 aliphatic carbocycles. The Bertz CT molecular complexity index is 805. The zero-order valence-corrected chi connectivity index (χ0v) is 11.2. The first-order valence-corrected chi connectivity index (χ1v) is 6.43. The molecular weight excluding hydrogens is 290 g/mol. The molecule has 0 aliphatic rings. The van der Waals surface area contributed by atoms with Crippen LogP contribution in [-0.4, -0.2) is 0 Å². The molecule has 0 aliphatic heterocycles. The number of anilines is 4. The van der Waals surface area contributed by atoms with Crippen molar-refractivity contribution in [1.29, 1.82) is 0 Å². The first-order valence-electron chi connectivity index (χ1n) is 6.43. The highest BCUT2D eigenvalue weighted by Crippen LogP contribution is 2.24. The van der Waals surface area contributed by atoms with Crippen molar-refractivity contribution < 1.29 is 8.78 Å². The molecule has 0 atom stereocenters. The Morgan fingerprint density at radius 1 is 0.591 bits per heavy atom. The second kappa shape index (κ2) is 5.40. The summed E-state index contributed by atoms with van der Waals surface area (Å²) in [6, 6.07) is 10.8. The Kier molecular flexibility index (Phi) is 3.42. The molecule has 0 amide bonds. The zero-order chi connectivity index (χ0) is 15.7. The molecule has 3 aromatic rings. The molecule has 0 fully saturated rings. The Balaban J connectivity index is 1.85. The van der Waals surface area contributed by atoms with E-state index in [1.54, 1.807) is 0 Å². The summed E-state index contributed by atoms with van der Waals surface area (Å²) < 4.78 is 25.7. The molecule has 3 rings (SSSR count). The number of benzene rings is 2. The fourth-order valence-corrected chi connectivity index (χ4v) is 1.99. The summed E-state index contributed by atoms with van der Waals surface area (Å²) in [5, 5.41) is 5.55. The molecular formula is C16H10F2N2O2. The Hall–Kier alpha value is -3.02. The lowest BCUT2D eigenvalue weighted by atomic mass is 10.1. The van der Waals surface area contributed by atoms with Gasteiger partial charge in [0.25, 0.3) is 10.9 Å². The van der Waals surface area contributed by atoms with Gasteiger partial charge < -0.3 is 10.6 Å². The van der Waals surface area contributed by atoms with Crippen LogP contribution in [-0.2, 0) is 0 Å². The van der Waals surface area contributed by atoms with Crippen LogP contribution in [0.2, 0.25) is 0 Å².